The normalized spacial score (nSPS) is 17.0. The van der Waals surface area contributed by atoms with Crippen LogP contribution in [0.3, 0.4) is 0 Å². The van der Waals surface area contributed by atoms with Crippen molar-refractivity contribution < 1.29 is 19.0 Å². The Kier molecular flexibility index (Phi) is 4.92. The second-order valence-electron chi connectivity index (χ2n) is 4.81. The molecule has 1 fully saturated rings. The maximum Gasteiger partial charge on any atom is 0.239 e. The van der Waals surface area contributed by atoms with Crippen LogP contribution in [0.2, 0.25) is 0 Å². The SMILES string of the molecule is CC(NCc1cc(F)ccc1O)C(=O)N1CCOCC1. The van der Waals surface area contributed by atoms with Crippen LogP contribution in [0.15, 0.2) is 18.2 Å². The quantitative estimate of drug-likeness (QED) is 0.860. The summed E-state index contributed by atoms with van der Waals surface area (Å²) in [5.74, 6) is -0.402. The number of rotatable bonds is 4. The zero-order valence-corrected chi connectivity index (χ0v) is 11.4. The van der Waals surface area contributed by atoms with Gasteiger partial charge in [0.15, 0.2) is 0 Å². The van der Waals surface area contributed by atoms with Gasteiger partial charge in [-0.25, -0.2) is 4.39 Å². The molecule has 110 valence electrons. The molecule has 1 aliphatic heterocycles. The average molecular weight is 282 g/mol. The van der Waals surface area contributed by atoms with E-state index in [0.29, 0.717) is 31.9 Å². The molecule has 1 aromatic carbocycles. The van der Waals surface area contributed by atoms with Crippen molar-refractivity contribution in [2.24, 2.45) is 0 Å². The van der Waals surface area contributed by atoms with Crippen molar-refractivity contribution in [1.29, 1.82) is 0 Å². The van der Waals surface area contributed by atoms with Crippen LogP contribution in [0.25, 0.3) is 0 Å². The zero-order chi connectivity index (χ0) is 14.5. The zero-order valence-electron chi connectivity index (χ0n) is 11.4. The van der Waals surface area contributed by atoms with Crippen LogP contribution in [-0.2, 0) is 16.1 Å². The summed E-state index contributed by atoms with van der Waals surface area (Å²) in [6.45, 7) is 4.30. The average Bonchev–Trinajstić information content (AvgIpc) is 2.48. The number of carbonyl (C=O) groups excluding carboxylic acids is 1. The maximum atomic E-state index is 13.1. The first kappa shape index (κ1) is 14.7. The van der Waals surface area contributed by atoms with Crippen molar-refractivity contribution in [3.8, 4) is 5.75 Å². The highest BCUT2D eigenvalue weighted by Crippen LogP contribution is 2.17. The van der Waals surface area contributed by atoms with E-state index in [0.717, 1.165) is 0 Å². The number of morpholine rings is 1. The largest absolute Gasteiger partial charge is 0.508 e. The van der Waals surface area contributed by atoms with Gasteiger partial charge in [-0.2, -0.15) is 0 Å². The molecule has 0 saturated carbocycles. The fourth-order valence-electron chi connectivity index (χ4n) is 2.10. The highest BCUT2D eigenvalue weighted by Gasteiger charge is 2.22. The van der Waals surface area contributed by atoms with Crippen LogP contribution in [0.1, 0.15) is 12.5 Å². The number of nitrogens with zero attached hydrogens (tertiary/aromatic N) is 1. The number of amides is 1. The molecular formula is C14H19FN2O3. The topological polar surface area (TPSA) is 61.8 Å². The minimum atomic E-state index is -0.410. The summed E-state index contributed by atoms with van der Waals surface area (Å²) < 4.78 is 18.3. The van der Waals surface area contributed by atoms with Crippen LogP contribution in [0.4, 0.5) is 4.39 Å². The Bertz CT molecular complexity index is 475. The first-order chi connectivity index (χ1) is 9.58. The lowest BCUT2D eigenvalue weighted by Gasteiger charge is -2.29. The standard InChI is InChI=1S/C14H19FN2O3/c1-10(14(19)17-4-6-20-7-5-17)16-9-11-8-12(15)2-3-13(11)18/h2-3,8,10,16,18H,4-7,9H2,1H3. The molecule has 0 radical (unpaired) electrons. The number of ether oxygens (including phenoxy) is 1. The highest BCUT2D eigenvalue weighted by atomic mass is 19.1. The molecule has 0 bridgehead atoms. The van der Waals surface area contributed by atoms with Crippen molar-refractivity contribution in [3.63, 3.8) is 0 Å². The van der Waals surface area contributed by atoms with Gasteiger partial charge in [0.2, 0.25) is 5.91 Å². The third-order valence-electron chi connectivity index (χ3n) is 3.33. The second kappa shape index (κ2) is 6.67. The van der Waals surface area contributed by atoms with Gasteiger partial charge in [0.25, 0.3) is 0 Å². The molecule has 5 nitrogen and oxygen atoms in total. The summed E-state index contributed by atoms with van der Waals surface area (Å²) in [5.41, 5.74) is 0.437. The predicted molar refractivity (Wildman–Crippen MR) is 71.8 cm³/mol. The van der Waals surface area contributed by atoms with Crippen molar-refractivity contribution >= 4 is 5.91 Å². The fraction of sp³-hybridized carbons (Fsp3) is 0.500. The highest BCUT2D eigenvalue weighted by molar-refractivity contribution is 5.81. The number of benzene rings is 1. The lowest BCUT2D eigenvalue weighted by Crippen LogP contribution is -2.49. The summed E-state index contributed by atoms with van der Waals surface area (Å²) >= 11 is 0. The van der Waals surface area contributed by atoms with E-state index in [1.165, 1.54) is 18.2 Å². The third kappa shape index (κ3) is 3.68. The Labute approximate surface area is 117 Å². The van der Waals surface area contributed by atoms with Gasteiger partial charge in [0.1, 0.15) is 11.6 Å². The molecule has 2 N–H and O–H groups in total. The molecule has 1 aliphatic rings. The Morgan fingerprint density at radius 1 is 1.50 bits per heavy atom. The molecule has 1 saturated heterocycles. The minimum absolute atomic E-state index is 0.0100. The lowest BCUT2D eigenvalue weighted by atomic mass is 10.1. The summed E-state index contributed by atoms with van der Waals surface area (Å²) in [4.78, 5) is 13.9. The first-order valence-electron chi connectivity index (χ1n) is 6.65. The van der Waals surface area contributed by atoms with Crippen molar-refractivity contribution in [2.45, 2.75) is 19.5 Å². The van der Waals surface area contributed by atoms with Crippen LogP contribution in [0.5, 0.6) is 5.75 Å². The monoisotopic (exact) mass is 282 g/mol. The summed E-state index contributed by atoms with van der Waals surface area (Å²) in [6.07, 6.45) is 0. The van der Waals surface area contributed by atoms with E-state index in [1.807, 2.05) is 0 Å². The molecule has 6 heteroatoms. The van der Waals surface area contributed by atoms with Crippen LogP contribution in [-0.4, -0.2) is 48.3 Å². The van der Waals surface area contributed by atoms with Crippen LogP contribution >= 0.6 is 0 Å². The Balaban J connectivity index is 1.89. The third-order valence-corrected chi connectivity index (χ3v) is 3.33. The van der Waals surface area contributed by atoms with Crippen molar-refractivity contribution in [2.75, 3.05) is 26.3 Å². The van der Waals surface area contributed by atoms with Gasteiger partial charge in [-0.3, -0.25) is 4.79 Å². The molecule has 0 spiro atoms. The van der Waals surface area contributed by atoms with E-state index in [-0.39, 0.29) is 18.2 Å². The van der Waals surface area contributed by atoms with E-state index >= 15 is 0 Å². The van der Waals surface area contributed by atoms with E-state index in [9.17, 15) is 14.3 Å². The Hall–Kier alpha value is -1.66. The lowest BCUT2D eigenvalue weighted by molar-refractivity contribution is -0.137. The number of nitrogens with one attached hydrogen (secondary N) is 1. The molecule has 1 heterocycles. The molecule has 2 rings (SSSR count). The van der Waals surface area contributed by atoms with E-state index in [2.05, 4.69) is 5.32 Å². The molecular weight excluding hydrogens is 263 g/mol. The van der Waals surface area contributed by atoms with Gasteiger partial charge in [0, 0.05) is 25.2 Å². The summed E-state index contributed by atoms with van der Waals surface area (Å²) in [5, 5.41) is 12.6. The first-order valence-corrected chi connectivity index (χ1v) is 6.65. The number of carbonyl (C=O) groups is 1. The fourth-order valence-corrected chi connectivity index (χ4v) is 2.10. The number of phenolic OH excluding ortho intramolecular Hbond substituents is 1. The number of halogens is 1. The molecule has 20 heavy (non-hydrogen) atoms. The summed E-state index contributed by atoms with van der Waals surface area (Å²) in [6, 6.07) is 3.37. The minimum Gasteiger partial charge on any atom is -0.508 e. The van der Waals surface area contributed by atoms with E-state index < -0.39 is 11.9 Å². The smallest absolute Gasteiger partial charge is 0.239 e. The Morgan fingerprint density at radius 2 is 2.20 bits per heavy atom. The van der Waals surface area contributed by atoms with Crippen molar-refractivity contribution in [3.05, 3.63) is 29.6 Å². The number of hydrogen-bond acceptors (Lipinski definition) is 4. The van der Waals surface area contributed by atoms with Gasteiger partial charge in [-0.05, 0) is 25.1 Å². The number of aromatic hydroxyl groups is 1. The van der Waals surface area contributed by atoms with Gasteiger partial charge >= 0.3 is 0 Å². The second-order valence-corrected chi connectivity index (χ2v) is 4.81. The maximum absolute atomic E-state index is 13.1. The van der Waals surface area contributed by atoms with Gasteiger partial charge in [-0.15, -0.1) is 0 Å². The van der Waals surface area contributed by atoms with E-state index in [1.54, 1.807) is 11.8 Å². The molecule has 0 aliphatic carbocycles. The Morgan fingerprint density at radius 3 is 2.90 bits per heavy atom. The number of hydrogen-bond donors (Lipinski definition) is 2. The summed E-state index contributed by atoms with van der Waals surface area (Å²) in [7, 11) is 0. The molecule has 1 aromatic rings. The van der Waals surface area contributed by atoms with Crippen LogP contribution in [0, 0.1) is 5.82 Å². The van der Waals surface area contributed by atoms with Crippen molar-refractivity contribution in [1.82, 2.24) is 10.2 Å². The van der Waals surface area contributed by atoms with E-state index in [4.69, 9.17) is 4.74 Å². The molecule has 0 aromatic heterocycles. The molecule has 1 atom stereocenters. The van der Waals surface area contributed by atoms with Gasteiger partial charge in [-0.1, -0.05) is 0 Å². The molecule has 1 amide bonds. The predicted octanol–water partition coefficient (Wildman–Crippen LogP) is 0.868. The number of phenols is 1. The van der Waals surface area contributed by atoms with Gasteiger partial charge < -0.3 is 20.1 Å². The molecule has 1 unspecified atom stereocenters. The van der Waals surface area contributed by atoms with Gasteiger partial charge in [0.05, 0.1) is 19.3 Å². The van der Waals surface area contributed by atoms with Crippen LogP contribution < -0.4 is 5.32 Å².